The zero-order valence-corrected chi connectivity index (χ0v) is 11.7. The van der Waals surface area contributed by atoms with Gasteiger partial charge in [0.05, 0.1) is 35.3 Å². The van der Waals surface area contributed by atoms with Crippen LogP contribution in [-0.4, -0.2) is 44.2 Å². The Morgan fingerprint density at radius 3 is 2.78 bits per heavy atom. The molecule has 1 aromatic rings. The largest absolute Gasteiger partial charge is 0.465 e. The van der Waals surface area contributed by atoms with Gasteiger partial charge in [0.25, 0.3) is 0 Å². The first-order valence-electron chi connectivity index (χ1n) is 4.98. The van der Waals surface area contributed by atoms with E-state index in [4.69, 9.17) is 5.73 Å². The Morgan fingerprint density at radius 2 is 2.22 bits per heavy atom. The van der Waals surface area contributed by atoms with Crippen LogP contribution in [0.4, 0.5) is 5.69 Å². The Hall–Kier alpha value is -1.28. The molecule has 6 nitrogen and oxygen atoms in total. The number of anilines is 1. The predicted molar refractivity (Wildman–Crippen MR) is 70.4 cm³/mol. The second-order valence-corrected chi connectivity index (χ2v) is 6.95. The van der Waals surface area contributed by atoms with Crippen molar-refractivity contribution in [3.8, 4) is 0 Å². The first-order valence-corrected chi connectivity index (χ1v) is 8.02. The molecule has 0 unspecified atom stereocenters. The van der Waals surface area contributed by atoms with Gasteiger partial charge in [0, 0.05) is 12.0 Å². The Bertz CT molecular complexity index is 543. The highest BCUT2D eigenvalue weighted by atomic mass is 32.2. The first kappa shape index (κ1) is 14.8. The van der Waals surface area contributed by atoms with Crippen LogP contribution < -0.4 is 5.73 Å². The minimum Gasteiger partial charge on any atom is -0.465 e. The average Bonchev–Trinajstić information content (AvgIpc) is 2.28. The van der Waals surface area contributed by atoms with Crippen LogP contribution in [0.15, 0.2) is 17.3 Å². The molecule has 0 radical (unpaired) electrons. The molecule has 18 heavy (non-hydrogen) atoms. The van der Waals surface area contributed by atoms with Crippen LogP contribution in [0.5, 0.6) is 0 Å². The molecule has 0 aliphatic carbocycles. The highest BCUT2D eigenvalue weighted by Crippen LogP contribution is 2.20. The van der Waals surface area contributed by atoms with E-state index in [1.807, 2.05) is 0 Å². The summed E-state index contributed by atoms with van der Waals surface area (Å²) in [4.78, 5) is 15.4. The van der Waals surface area contributed by atoms with Gasteiger partial charge in [-0.15, -0.1) is 11.8 Å². The molecule has 1 heterocycles. The Balaban J connectivity index is 2.76. The summed E-state index contributed by atoms with van der Waals surface area (Å²) in [5, 5.41) is 0.535. The molecule has 0 saturated heterocycles. The third-order valence-electron chi connectivity index (χ3n) is 2.02. The van der Waals surface area contributed by atoms with Gasteiger partial charge in [-0.25, -0.2) is 18.2 Å². The number of methoxy groups -OCH3 is 1. The molecule has 0 bridgehead atoms. The number of nitrogen functional groups attached to an aromatic ring is 1. The molecule has 1 rings (SSSR count). The molecule has 0 fully saturated rings. The second kappa shape index (κ2) is 6.05. The second-order valence-electron chi connectivity index (χ2n) is 3.58. The summed E-state index contributed by atoms with van der Waals surface area (Å²) in [6.45, 7) is 0. The number of nitrogens with zero attached hydrogens (tertiary/aromatic N) is 1. The number of ether oxygens (including phenoxy) is 1. The Morgan fingerprint density at radius 1 is 1.56 bits per heavy atom. The highest BCUT2D eigenvalue weighted by molar-refractivity contribution is 8.00. The normalized spacial score (nSPS) is 11.2. The number of rotatable bonds is 5. The molecule has 8 heteroatoms. The van der Waals surface area contributed by atoms with Crippen LogP contribution in [-0.2, 0) is 14.6 Å². The van der Waals surface area contributed by atoms with E-state index in [1.165, 1.54) is 37.4 Å². The number of sulfone groups is 1. The molecule has 0 aliphatic rings. The van der Waals surface area contributed by atoms with Gasteiger partial charge >= 0.3 is 5.97 Å². The minimum absolute atomic E-state index is 0.0529. The van der Waals surface area contributed by atoms with E-state index in [0.717, 1.165) is 0 Å². The molecule has 0 aliphatic heterocycles. The molecule has 0 saturated carbocycles. The van der Waals surface area contributed by atoms with Crippen molar-refractivity contribution in [2.75, 3.05) is 30.6 Å². The number of carbonyl (C=O) groups excluding carboxylic acids is 1. The van der Waals surface area contributed by atoms with Crippen molar-refractivity contribution in [3.63, 3.8) is 0 Å². The summed E-state index contributed by atoms with van der Waals surface area (Å²) in [7, 11) is -1.74. The van der Waals surface area contributed by atoms with Crippen molar-refractivity contribution in [3.05, 3.63) is 17.8 Å². The maximum atomic E-state index is 11.4. The van der Waals surface area contributed by atoms with Gasteiger partial charge in [0.2, 0.25) is 0 Å². The van der Waals surface area contributed by atoms with Crippen molar-refractivity contribution in [1.29, 1.82) is 0 Å². The Kier molecular flexibility index (Phi) is 4.97. The summed E-state index contributed by atoms with van der Waals surface area (Å²) in [5.74, 6) is -0.118. The van der Waals surface area contributed by atoms with E-state index in [2.05, 4.69) is 9.72 Å². The predicted octanol–water partition coefficient (Wildman–Crippen LogP) is 0.587. The van der Waals surface area contributed by atoms with Crippen LogP contribution in [0.25, 0.3) is 0 Å². The topological polar surface area (TPSA) is 99.4 Å². The fraction of sp³-hybridized carbons (Fsp3) is 0.400. The zero-order chi connectivity index (χ0) is 13.8. The summed E-state index contributed by atoms with van der Waals surface area (Å²) in [6, 6.07) is 1.49. The first-order chi connectivity index (χ1) is 8.33. The van der Waals surface area contributed by atoms with Crippen molar-refractivity contribution in [2.45, 2.75) is 5.03 Å². The quantitative estimate of drug-likeness (QED) is 0.625. The number of hydrogen-bond acceptors (Lipinski definition) is 7. The average molecular weight is 290 g/mol. The number of carbonyl (C=O) groups is 1. The number of nitrogens with two attached hydrogens (primary N) is 1. The molecule has 0 spiro atoms. The van der Waals surface area contributed by atoms with Crippen molar-refractivity contribution in [1.82, 2.24) is 4.98 Å². The number of pyridine rings is 1. The number of hydrogen-bond donors (Lipinski definition) is 1. The van der Waals surface area contributed by atoms with Gasteiger partial charge < -0.3 is 10.5 Å². The van der Waals surface area contributed by atoms with Crippen LogP contribution in [0.3, 0.4) is 0 Å². The summed E-state index contributed by atoms with van der Waals surface area (Å²) in [6.07, 6.45) is 2.53. The van der Waals surface area contributed by atoms with Crippen molar-refractivity contribution < 1.29 is 17.9 Å². The standard InChI is InChI=1S/C10H14N2O4S2/c1-16-10(13)7-5-9(12-6-8(7)11)17-3-4-18(2,14)15/h5-6H,3-4,11H2,1-2H3. The number of aromatic nitrogens is 1. The lowest BCUT2D eigenvalue weighted by molar-refractivity contribution is 0.0601. The fourth-order valence-corrected chi connectivity index (χ4v) is 3.19. The molecule has 100 valence electrons. The summed E-state index contributed by atoms with van der Waals surface area (Å²) < 4.78 is 26.5. The molecular weight excluding hydrogens is 276 g/mol. The smallest absolute Gasteiger partial charge is 0.340 e. The lowest BCUT2D eigenvalue weighted by Crippen LogP contribution is -2.07. The van der Waals surface area contributed by atoms with Gasteiger partial charge in [0.1, 0.15) is 9.84 Å². The summed E-state index contributed by atoms with van der Waals surface area (Å²) >= 11 is 1.24. The third kappa shape index (κ3) is 4.53. The van der Waals surface area contributed by atoms with Gasteiger partial charge in [-0.2, -0.15) is 0 Å². The van der Waals surface area contributed by atoms with Crippen molar-refractivity contribution in [2.24, 2.45) is 0 Å². The molecule has 0 atom stereocenters. The fourth-order valence-electron chi connectivity index (χ4n) is 1.11. The maximum absolute atomic E-state index is 11.4. The van der Waals surface area contributed by atoms with Gasteiger partial charge in [0.15, 0.2) is 0 Å². The van der Waals surface area contributed by atoms with E-state index >= 15 is 0 Å². The van der Waals surface area contributed by atoms with E-state index in [9.17, 15) is 13.2 Å². The highest BCUT2D eigenvalue weighted by Gasteiger charge is 2.12. The molecule has 0 amide bonds. The molecule has 0 aromatic carbocycles. The third-order valence-corrected chi connectivity index (χ3v) is 4.15. The van der Waals surface area contributed by atoms with Gasteiger partial charge in [-0.05, 0) is 6.07 Å². The lowest BCUT2D eigenvalue weighted by Gasteiger charge is -2.05. The molecule has 1 aromatic heterocycles. The van der Waals surface area contributed by atoms with E-state index in [0.29, 0.717) is 10.8 Å². The van der Waals surface area contributed by atoms with E-state index in [-0.39, 0.29) is 17.0 Å². The lowest BCUT2D eigenvalue weighted by atomic mass is 10.2. The summed E-state index contributed by atoms with van der Waals surface area (Å²) in [5.41, 5.74) is 6.06. The Labute approximate surface area is 110 Å². The monoisotopic (exact) mass is 290 g/mol. The minimum atomic E-state index is -3.00. The van der Waals surface area contributed by atoms with Gasteiger partial charge in [-0.3, -0.25) is 0 Å². The van der Waals surface area contributed by atoms with E-state index in [1.54, 1.807) is 0 Å². The van der Waals surface area contributed by atoms with E-state index < -0.39 is 15.8 Å². The van der Waals surface area contributed by atoms with Crippen molar-refractivity contribution >= 4 is 33.3 Å². The van der Waals surface area contributed by atoms with Crippen LogP contribution in [0, 0.1) is 0 Å². The van der Waals surface area contributed by atoms with Crippen LogP contribution >= 0.6 is 11.8 Å². The van der Waals surface area contributed by atoms with Crippen LogP contribution in [0.1, 0.15) is 10.4 Å². The number of esters is 1. The zero-order valence-electron chi connectivity index (χ0n) is 10.0. The van der Waals surface area contributed by atoms with Crippen LogP contribution in [0.2, 0.25) is 0 Å². The molecule has 2 N–H and O–H groups in total. The molecular formula is C10H14N2O4S2. The maximum Gasteiger partial charge on any atom is 0.340 e. The van der Waals surface area contributed by atoms with Gasteiger partial charge in [-0.1, -0.05) is 0 Å². The SMILES string of the molecule is COC(=O)c1cc(SCCS(C)(=O)=O)ncc1N. The number of thioether (sulfide) groups is 1.